The highest BCUT2D eigenvalue weighted by atomic mass is 32.2. The normalized spacial score (nSPS) is 22.8. The van der Waals surface area contributed by atoms with E-state index in [1.165, 1.54) is 31.2 Å². The van der Waals surface area contributed by atoms with Crippen molar-refractivity contribution in [3.8, 4) is 0 Å². The van der Waals surface area contributed by atoms with Crippen molar-refractivity contribution in [2.45, 2.75) is 58.6 Å². The molecule has 1 aromatic rings. The molecule has 0 saturated heterocycles. The van der Waals surface area contributed by atoms with Crippen LogP contribution in [0.25, 0.3) is 0 Å². The van der Waals surface area contributed by atoms with Gasteiger partial charge in [-0.05, 0) is 50.7 Å². The molecule has 1 aliphatic rings. The molecule has 20 heavy (non-hydrogen) atoms. The maximum absolute atomic E-state index is 12.5. The molecule has 0 N–H and O–H groups in total. The Labute approximate surface area is 127 Å². The molecular formula is C18H26OS. The van der Waals surface area contributed by atoms with Gasteiger partial charge in [0.1, 0.15) is 0 Å². The number of Topliss-reactive ketones (excluding diaryl/α,β-unsaturated/α-hetero) is 1. The molecular weight excluding hydrogens is 264 g/mol. The van der Waals surface area contributed by atoms with E-state index in [1.807, 2.05) is 11.8 Å². The fraction of sp³-hybridized carbons (Fsp3) is 0.611. The maximum atomic E-state index is 12.5. The maximum Gasteiger partial charge on any atom is 0.173 e. The summed E-state index contributed by atoms with van der Waals surface area (Å²) in [4.78, 5) is 12.5. The number of ketones is 1. The van der Waals surface area contributed by atoms with Crippen molar-refractivity contribution in [3.63, 3.8) is 0 Å². The summed E-state index contributed by atoms with van der Waals surface area (Å²) in [5.74, 6) is 1.78. The van der Waals surface area contributed by atoms with E-state index < -0.39 is 0 Å². The minimum atomic E-state index is 0.309. The minimum Gasteiger partial charge on any atom is -0.293 e. The first-order valence-corrected chi connectivity index (χ1v) is 8.75. The topological polar surface area (TPSA) is 17.1 Å². The van der Waals surface area contributed by atoms with Crippen LogP contribution < -0.4 is 0 Å². The largest absolute Gasteiger partial charge is 0.293 e. The first-order chi connectivity index (χ1) is 9.47. The summed E-state index contributed by atoms with van der Waals surface area (Å²) in [6, 6.07) is 4.24. The van der Waals surface area contributed by atoms with Crippen LogP contribution in [0.3, 0.4) is 0 Å². The van der Waals surface area contributed by atoms with Crippen LogP contribution in [0.2, 0.25) is 0 Å². The third-order valence-corrected chi connectivity index (χ3v) is 5.62. The van der Waals surface area contributed by atoms with E-state index in [2.05, 4.69) is 39.8 Å². The Balaban J connectivity index is 1.98. The molecule has 1 aliphatic carbocycles. The average molecular weight is 290 g/mol. The van der Waals surface area contributed by atoms with E-state index in [1.54, 1.807) is 0 Å². The second kappa shape index (κ2) is 6.80. The van der Waals surface area contributed by atoms with Crippen LogP contribution in [-0.2, 0) is 0 Å². The number of rotatable bonds is 4. The second-order valence-corrected chi connectivity index (χ2v) is 7.69. The van der Waals surface area contributed by atoms with E-state index in [4.69, 9.17) is 0 Å². The van der Waals surface area contributed by atoms with Crippen LogP contribution in [0.5, 0.6) is 0 Å². The first-order valence-electron chi connectivity index (χ1n) is 7.70. The zero-order chi connectivity index (χ0) is 14.7. The number of aryl methyl sites for hydroxylation is 3. The molecule has 2 rings (SSSR count). The second-order valence-electron chi connectivity index (χ2n) is 6.40. The predicted octanol–water partition coefficient (Wildman–Crippen LogP) is 5.11. The Morgan fingerprint density at radius 1 is 1.20 bits per heavy atom. The summed E-state index contributed by atoms with van der Waals surface area (Å²) < 4.78 is 0. The molecule has 0 aliphatic heterocycles. The molecule has 1 nitrogen and oxygen atoms in total. The SMILES string of the molecule is Cc1cc(C)c(C(=O)CSC2CCCC(C)C2)c(C)c1. The molecule has 0 bridgehead atoms. The van der Waals surface area contributed by atoms with Gasteiger partial charge >= 0.3 is 0 Å². The van der Waals surface area contributed by atoms with Crippen LogP contribution in [0.1, 0.15) is 59.7 Å². The monoisotopic (exact) mass is 290 g/mol. The van der Waals surface area contributed by atoms with E-state index in [0.29, 0.717) is 16.8 Å². The molecule has 1 fully saturated rings. The molecule has 1 aromatic carbocycles. The molecule has 0 amide bonds. The highest BCUT2D eigenvalue weighted by Gasteiger charge is 2.21. The van der Waals surface area contributed by atoms with Crippen LogP contribution in [-0.4, -0.2) is 16.8 Å². The first kappa shape index (κ1) is 15.6. The zero-order valence-electron chi connectivity index (χ0n) is 13.2. The molecule has 2 heteroatoms. The zero-order valence-corrected chi connectivity index (χ0v) is 14.0. The third kappa shape index (κ3) is 3.88. The van der Waals surface area contributed by atoms with Crippen molar-refractivity contribution in [3.05, 3.63) is 34.4 Å². The standard InChI is InChI=1S/C18H26OS/c1-12-6-5-7-16(10-12)20-11-17(19)18-14(3)8-13(2)9-15(18)4/h8-9,12,16H,5-7,10-11H2,1-4H3. The molecule has 0 heterocycles. The lowest BCUT2D eigenvalue weighted by atomic mass is 9.91. The van der Waals surface area contributed by atoms with Crippen LogP contribution in [0, 0.1) is 26.7 Å². The van der Waals surface area contributed by atoms with Gasteiger partial charge in [0.25, 0.3) is 0 Å². The highest BCUT2D eigenvalue weighted by molar-refractivity contribution is 8.00. The number of carbonyl (C=O) groups excluding carboxylic acids is 1. The van der Waals surface area contributed by atoms with Gasteiger partial charge < -0.3 is 0 Å². The molecule has 2 atom stereocenters. The summed E-state index contributed by atoms with van der Waals surface area (Å²) in [5.41, 5.74) is 4.45. The summed E-state index contributed by atoms with van der Waals surface area (Å²) in [5, 5.41) is 0.689. The van der Waals surface area contributed by atoms with E-state index >= 15 is 0 Å². The molecule has 2 unspecified atom stereocenters. The van der Waals surface area contributed by atoms with Crippen molar-refractivity contribution >= 4 is 17.5 Å². The van der Waals surface area contributed by atoms with Gasteiger partial charge in [0.15, 0.2) is 5.78 Å². The van der Waals surface area contributed by atoms with Crippen molar-refractivity contribution in [2.24, 2.45) is 5.92 Å². The van der Waals surface area contributed by atoms with Crippen LogP contribution in [0.4, 0.5) is 0 Å². The van der Waals surface area contributed by atoms with Crippen molar-refractivity contribution in [1.29, 1.82) is 0 Å². The molecule has 0 aromatic heterocycles. The van der Waals surface area contributed by atoms with E-state index in [0.717, 1.165) is 22.6 Å². The van der Waals surface area contributed by atoms with Crippen LogP contribution >= 0.6 is 11.8 Å². The minimum absolute atomic E-state index is 0.309. The molecule has 0 spiro atoms. The lowest BCUT2D eigenvalue weighted by Gasteiger charge is -2.26. The summed E-state index contributed by atoms with van der Waals surface area (Å²) in [7, 11) is 0. The number of hydrogen-bond donors (Lipinski definition) is 0. The molecule has 0 radical (unpaired) electrons. The Morgan fingerprint density at radius 2 is 1.85 bits per heavy atom. The van der Waals surface area contributed by atoms with Gasteiger partial charge in [-0.1, -0.05) is 37.5 Å². The van der Waals surface area contributed by atoms with E-state index in [9.17, 15) is 4.79 Å². The van der Waals surface area contributed by atoms with Crippen LogP contribution in [0.15, 0.2) is 12.1 Å². The Kier molecular flexibility index (Phi) is 5.31. The summed E-state index contributed by atoms with van der Waals surface area (Å²) in [6.45, 7) is 8.54. The van der Waals surface area contributed by atoms with Gasteiger partial charge in [0.2, 0.25) is 0 Å². The fourth-order valence-electron chi connectivity index (χ4n) is 3.42. The van der Waals surface area contributed by atoms with Crippen molar-refractivity contribution < 1.29 is 4.79 Å². The number of hydrogen-bond acceptors (Lipinski definition) is 2. The highest BCUT2D eigenvalue weighted by Crippen LogP contribution is 2.32. The Hall–Kier alpha value is -0.760. The van der Waals surface area contributed by atoms with Gasteiger partial charge in [-0.15, -0.1) is 0 Å². The van der Waals surface area contributed by atoms with Gasteiger partial charge in [0, 0.05) is 10.8 Å². The van der Waals surface area contributed by atoms with Gasteiger partial charge in [0.05, 0.1) is 5.75 Å². The quantitative estimate of drug-likeness (QED) is 0.717. The molecule has 110 valence electrons. The lowest BCUT2D eigenvalue weighted by Crippen LogP contribution is -2.18. The Morgan fingerprint density at radius 3 is 2.45 bits per heavy atom. The number of thioether (sulfide) groups is 1. The van der Waals surface area contributed by atoms with Gasteiger partial charge in [-0.25, -0.2) is 0 Å². The van der Waals surface area contributed by atoms with E-state index in [-0.39, 0.29) is 0 Å². The lowest BCUT2D eigenvalue weighted by molar-refractivity contribution is 0.102. The van der Waals surface area contributed by atoms with Crippen molar-refractivity contribution in [2.75, 3.05) is 5.75 Å². The average Bonchev–Trinajstić information content (AvgIpc) is 2.35. The van der Waals surface area contributed by atoms with Gasteiger partial charge in [-0.2, -0.15) is 11.8 Å². The molecule has 1 saturated carbocycles. The summed E-state index contributed by atoms with van der Waals surface area (Å²) >= 11 is 1.88. The van der Waals surface area contributed by atoms with Gasteiger partial charge in [-0.3, -0.25) is 4.79 Å². The summed E-state index contributed by atoms with van der Waals surface area (Å²) in [6.07, 6.45) is 5.26. The number of carbonyl (C=O) groups is 1. The predicted molar refractivity (Wildman–Crippen MR) is 88.9 cm³/mol. The van der Waals surface area contributed by atoms with Crippen molar-refractivity contribution in [1.82, 2.24) is 0 Å². The smallest absolute Gasteiger partial charge is 0.173 e. The third-order valence-electron chi connectivity index (χ3n) is 4.29. The fourth-order valence-corrected chi connectivity index (χ4v) is 4.74. The number of benzene rings is 1. The Bertz CT molecular complexity index is 469.